The molecule has 2 amide bonds. The zero-order valence-electron chi connectivity index (χ0n) is 14.5. The monoisotopic (exact) mass is 352 g/mol. The lowest BCUT2D eigenvalue weighted by atomic mass is 10.0. The van der Waals surface area contributed by atoms with E-state index in [0.29, 0.717) is 41.8 Å². The van der Waals surface area contributed by atoms with Crippen molar-refractivity contribution in [1.82, 2.24) is 10.2 Å². The Hall–Kier alpha value is -1.75. The van der Waals surface area contributed by atoms with Gasteiger partial charge in [0.2, 0.25) is 5.91 Å². The maximum Gasteiger partial charge on any atom is 0.255 e. The minimum absolute atomic E-state index is 0.0595. The van der Waals surface area contributed by atoms with E-state index in [1.54, 1.807) is 18.2 Å². The van der Waals surface area contributed by atoms with E-state index in [-0.39, 0.29) is 17.9 Å². The molecule has 2 rings (SSSR count). The van der Waals surface area contributed by atoms with Crippen molar-refractivity contribution in [2.45, 2.75) is 39.2 Å². The van der Waals surface area contributed by atoms with E-state index in [0.717, 1.165) is 12.8 Å². The van der Waals surface area contributed by atoms with Crippen molar-refractivity contribution in [2.75, 3.05) is 20.2 Å². The van der Waals surface area contributed by atoms with Gasteiger partial charge in [0.15, 0.2) is 0 Å². The molecule has 0 saturated carbocycles. The molecule has 0 aliphatic carbocycles. The molecular formula is C18H25ClN2O3. The predicted octanol–water partition coefficient (Wildman–Crippen LogP) is 3.12. The van der Waals surface area contributed by atoms with Crippen LogP contribution in [0.25, 0.3) is 0 Å². The van der Waals surface area contributed by atoms with E-state index >= 15 is 0 Å². The number of nitrogens with one attached hydrogen (secondary N) is 1. The first-order valence-electron chi connectivity index (χ1n) is 8.33. The number of hydrogen-bond donors (Lipinski definition) is 1. The molecule has 1 aromatic carbocycles. The van der Waals surface area contributed by atoms with E-state index in [1.165, 1.54) is 7.11 Å². The van der Waals surface area contributed by atoms with E-state index in [4.69, 9.17) is 16.3 Å². The Morgan fingerprint density at radius 1 is 1.33 bits per heavy atom. The van der Waals surface area contributed by atoms with Crippen LogP contribution in [0.1, 0.15) is 43.5 Å². The fourth-order valence-electron chi connectivity index (χ4n) is 2.87. The molecule has 5 nitrogen and oxygen atoms in total. The maximum absolute atomic E-state index is 12.5. The Morgan fingerprint density at radius 2 is 2.00 bits per heavy atom. The molecule has 24 heavy (non-hydrogen) atoms. The Kier molecular flexibility index (Phi) is 6.49. The summed E-state index contributed by atoms with van der Waals surface area (Å²) in [7, 11) is 1.53. The minimum atomic E-state index is -0.193. The topological polar surface area (TPSA) is 58.6 Å². The summed E-state index contributed by atoms with van der Waals surface area (Å²) in [5.74, 6) is 0.874. The van der Waals surface area contributed by atoms with Gasteiger partial charge in [-0.15, -0.1) is 0 Å². The van der Waals surface area contributed by atoms with Gasteiger partial charge in [0.05, 0.1) is 12.7 Å². The largest absolute Gasteiger partial charge is 0.496 e. The van der Waals surface area contributed by atoms with Crippen LogP contribution in [0.3, 0.4) is 0 Å². The minimum Gasteiger partial charge on any atom is -0.496 e. The van der Waals surface area contributed by atoms with Gasteiger partial charge in [-0.25, -0.2) is 0 Å². The Bertz CT molecular complexity index is 596. The summed E-state index contributed by atoms with van der Waals surface area (Å²) >= 11 is 5.98. The van der Waals surface area contributed by atoms with Gasteiger partial charge >= 0.3 is 0 Å². The van der Waals surface area contributed by atoms with Crippen LogP contribution >= 0.6 is 11.6 Å². The van der Waals surface area contributed by atoms with Crippen molar-refractivity contribution < 1.29 is 14.3 Å². The van der Waals surface area contributed by atoms with Gasteiger partial charge < -0.3 is 15.0 Å². The van der Waals surface area contributed by atoms with Gasteiger partial charge in [0, 0.05) is 30.6 Å². The molecule has 0 unspecified atom stereocenters. The smallest absolute Gasteiger partial charge is 0.255 e. The fraction of sp³-hybridized carbons (Fsp3) is 0.556. The average molecular weight is 353 g/mol. The number of amides is 2. The molecule has 0 aromatic heterocycles. The number of nitrogens with zero attached hydrogens (tertiary/aromatic N) is 1. The van der Waals surface area contributed by atoms with Crippen molar-refractivity contribution in [1.29, 1.82) is 0 Å². The molecule has 1 aromatic rings. The number of rotatable bonds is 5. The second-order valence-corrected chi connectivity index (χ2v) is 7.01. The number of carbonyl (C=O) groups excluding carboxylic acids is 2. The van der Waals surface area contributed by atoms with E-state index in [2.05, 4.69) is 5.32 Å². The van der Waals surface area contributed by atoms with Gasteiger partial charge in [0.25, 0.3) is 5.91 Å². The van der Waals surface area contributed by atoms with E-state index in [9.17, 15) is 9.59 Å². The molecule has 0 atom stereocenters. The van der Waals surface area contributed by atoms with Crippen LogP contribution in [-0.2, 0) is 4.79 Å². The molecule has 1 heterocycles. The van der Waals surface area contributed by atoms with Crippen LogP contribution in [-0.4, -0.2) is 43.0 Å². The van der Waals surface area contributed by atoms with Crippen molar-refractivity contribution in [3.05, 3.63) is 28.8 Å². The summed E-state index contributed by atoms with van der Waals surface area (Å²) in [6.45, 7) is 5.46. The van der Waals surface area contributed by atoms with E-state index in [1.807, 2.05) is 18.7 Å². The van der Waals surface area contributed by atoms with Crippen LogP contribution in [0.2, 0.25) is 5.02 Å². The number of piperidine rings is 1. The molecular weight excluding hydrogens is 328 g/mol. The van der Waals surface area contributed by atoms with Crippen LogP contribution in [0.4, 0.5) is 0 Å². The van der Waals surface area contributed by atoms with Crippen molar-refractivity contribution in [3.8, 4) is 5.75 Å². The maximum atomic E-state index is 12.5. The Balaban J connectivity index is 1.91. The standard InChI is InChI=1S/C18H25ClN2O3/c1-12(2)10-17(22)21-8-6-14(7-9-21)20-18(23)15-11-13(19)4-5-16(15)24-3/h4-5,11-12,14H,6-10H2,1-3H3,(H,20,23). The highest BCUT2D eigenvalue weighted by molar-refractivity contribution is 6.31. The number of ether oxygens (including phenoxy) is 1. The lowest BCUT2D eigenvalue weighted by Crippen LogP contribution is -2.46. The van der Waals surface area contributed by atoms with Gasteiger partial charge in [-0.1, -0.05) is 25.4 Å². The molecule has 1 aliphatic rings. The molecule has 1 fully saturated rings. The molecule has 132 valence electrons. The molecule has 0 spiro atoms. The lowest BCUT2D eigenvalue weighted by Gasteiger charge is -2.33. The lowest BCUT2D eigenvalue weighted by molar-refractivity contribution is -0.133. The zero-order valence-corrected chi connectivity index (χ0v) is 15.2. The van der Waals surface area contributed by atoms with Gasteiger partial charge in [-0.05, 0) is 37.0 Å². The normalized spacial score (nSPS) is 15.5. The first-order valence-corrected chi connectivity index (χ1v) is 8.70. The first kappa shape index (κ1) is 18.6. The first-order chi connectivity index (χ1) is 11.4. The van der Waals surface area contributed by atoms with Crippen molar-refractivity contribution in [2.24, 2.45) is 5.92 Å². The molecule has 1 aliphatic heterocycles. The average Bonchev–Trinajstić information content (AvgIpc) is 2.54. The Labute approximate surface area is 148 Å². The number of halogens is 1. The number of benzene rings is 1. The summed E-state index contributed by atoms with van der Waals surface area (Å²) in [6.07, 6.45) is 2.10. The highest BCUT2D eigenvalue weighted by Crippen LogP contribution is 2.23. The number of carbonyl (C=O) groups is 2. The highest BCUT2D eigenvalue weighted by Gasteiger charge is 2.25. The van der Waals surface area contributed by atoms with Crippen LogP contribution in [0.5, 0.6) is 5.75 Å². The van der Waals surface area contributed by atoms with Crippen molar-refractivity contribution >= 4 is 23.4 Å². The summed E-state index contributed by atoms with van der Waals surface area (Å²) in [5.41, 5.74) is 0.434. The molecule has 1 saturated heterocycles. The van der Waals surface area contributed by atoms with Crippen molar-refractivity contribution in [3.63, 3.8) is 0 Å². The fourth-order valence-corrected chi connectivity index (χ4v) is 3.04. The van der Waals surface area contributed by atoms with Crippen LogP contribution < -0.4 is 10.1 Å². The van der Waals surface area contributed by atoms with Gasteiger partial charge in [-0.2, -0.15) is 0 Å². The highest BCUT2D eigenvalue weighted by atomic mass is 35.5. The SMILES string of the molecule is COc1ccc(Cl)cc1C(=O)NC1CCN(C(=O)CC(C)C)CC1. The van der Waals surface area contributed by atoms with Crippen LogP contribution in [0.15, 0.2) is 18.2 Å². The van der Waals surface area contributed by atoms with E-state index < -0.39 is 0 Å². The number of hydrogen-bond acceptors (Lipinski definition) is 3. The summed E-state index contributed by atoms with van der Waals surface area (Å²) in [4.78, 5) is 26.5. The summed E-state index contributed by atoms with van der Waals surface area (Å²) in [6, 6.07) is 5.04. The predicted molar refractivity (Wildman–Crippen MR) is 94.5 cm³/mol. The quantitative estimate of drug-likeness (QED) is 0.885. The molecule has 1 N–H and O–H groups in total. The second kappa shape index (κ2) is 8.38. The summed E-state index contributed by atoms with van der Waals surface area (Å²) < 4.78 is 5.22. The molecule has 0 radical (unpaired) electrons. The third-order valence-corrected chi connectivity index (χ3v) is 4.41. The molecule has 6 heteroatoms. The third-order valence-electron chi connectivity index (χ3n) is 4.17. The number of likely N-dealkylation sites (tertiary alicyclic amines) is 1. The zero-order chi connectivity index (χ0) is 17.7. The Morgan fingerprint density at radius 3 is 2.58 bits per heavy atom. The molecule has 0 bridgehead atoms. The second-order valence-electron chi connectivity index (χ2n) is 6.57. The van der Waals surface area contributed by atoms with Gasteiger partial charge in [-0.3, -0.25) is 9.59 Å². The van der Waals surface area contributed by atoms with Gasteiger partial charge in [0.1, 0.15) is 5.75 Å². The third kappa shape index (κ3) is 4.87. The van der Waals surface area contributed by atoms with Crippen LogP contribution in [0, 0.1) is 5.92 Å². The summed E-state index contributed by atoms with van der Waals surface area (Å²) in [5, 5.41) is 3.52. The number of methoxy groups -OCH3 is 1.